The van der Waals surface area contributed by atoms with Gasteiger partial charge in [-0.2, -0.15) is 0 Å². The summed E-state index contributed by atoms with van der Waals surface area (Å²) in [6.45, 7) is 5.64. The molecule has 2 atom stereocenters. The first-order valence-electron chi connectivity index (χ1n) is 10.5. The van der Waals surface area contributed by atoms with E-state index < -0.39 is 12.1 Å². The molecule has 0 saturated carbocycles. The SMILES string of the molecule is COC(=O)[C@@H](Nc1nc(CNC(=O)C(C)Oc2ccccc2)nc2ccccc12)C(C)C. The van der Waals surface area contributed by atoms with Gasteiger partial charge in [0.15, 0.2) is 11.9 Å². The number of anilines is 1. The smallest absolute Gasteiger partial charge is 0.328 e. The maximum atomic E-state index is 12.5. The summed E-state index contributed by atoms with van der Waals surface area (Å²) in [6, 6.07) is 16.1. The van der Waals surface area contributed by atoms with Gasteiger partial charge in [-0.3, -0.25) is 4.79 Å². The molecule has 3 rings (SSSR count). The van der Waals surface area contributed by atoms with E-state index in [1.54, 1.807) is 19.1 Å². The van der Waals surface area contributed by atoms with Crippen molar-refractivity contribution >= 4 is 28.6 Å². The molecule has 0 aliphatic rings. The van der Waals surface area contributed by atoms with Crippen LogP contribution in [0.1, 0.15) is 26.6 Å². The highest BCUT2D eigenvalue weighted by Crippen LogP contribution is 2.22. The highest BCUT2D eigenvalue weighted by Gasteiger charge is 2.24. The molecule has 1 amide bonds. The summed E-state index contributed by atoms with van der Waals surface area (Å²) in [4.78, 5) is 33.8. The number of para-hydroxylation sites is 2. The van der Waals surface area contributed by atoms with Gasteiger partial charge < -0.3 is 20.1 Å². The number of benzene rings is 2. The molecule has 0 aliphatic carbocycles. The maximum Gasteiger partial charge on any atom is 0.328 e. The Kier molecular flexibility index (Phi) is 7.59. The van der Waals surface area contributed by atoms with Crippen LogP contribution in [0.5, 0.6) is 5.75 Å². The lowest BCUT2D eigenvalue weighted by Gasteiger charge is -2.21. The third-order valence-electron chi connectivity index (χ3n) is 4.91. The molecule has 32 heavy (non-hydrogen) atoms. The van der Waals surface area contributed by atoms with Crippen LogP contribution in [-0.2, 0) is 20.9 Å². The fourth-order valence-corrected chi connectivity index (χ4v) is 3.15. The zero-order chi connectivity index (χ0) is 23.1. The molecule has 0 saturated heterocycles. The molecule has 1 aromatic heterocycles. The average Bonchev–Trinajstić information content (AvgIpc) is 2.80. The summed E-state index contributed by atoms with van der Waals surface area (Å²) in [5.41, 5.74) is 0.704. The minimum Gasteiger partial charge on any atom is -0.481 e. The number of methoxy groups -OCH3 is 1. The first kappa shape index (κ1) is 23.0. The zero-order valence-corrected chi connectivity index (χ0v) is 18.7. The Balaban J connectivity index is 1.77. The van der Waals surface area contributed by atoms with E-state index >= 15 is 0 Å². The van der Waals surface area contributed by atoms with Gasteiger partial charge in [-0.05, 0) is 37.1 Å². The molecule has 0 spiro atoms. The summed E-state index contributed by atoms with van der Waals surface area (Å²) in [5, 5.41) is 6.78. The molecule has 1 unspecified atom stereocenters. The Bertz CT molecular complexity index is 1070. The number of esters is 1. The number of hydrogen-bond acceptors (Lipinski definition) is 7. The molecule has 0 fully saturated rings. The number of aromatic nitrogens is 2. The van der Waals surface area contributed by atoms with Crippen LogP contribution < -0.4 is 15.4 Å². The number of nitrogens with zero attached hydrogens (tertiary/aromatic N) is 2. The van der Waals surface area contributed by atoms with Crippen LogP contribution in [0.15, 0.2) is 54.6 Å². The van der Waals surface area contributed by atoms with E-state index in [4.69, 9.17) is 9.47 Å². The van der Waals surface area contributed by atoms with E-state index in [0.717, 1.165) is 5.39 Å². The molecule has 2 aromatic carbocycles. The lowest BCUT2D eigenvalue weighted by atomic mass is 10.0. The molecule has 8 nitrogen and oxygen atoms in total. The molecule has 1 heterocycles. The number of carbonyl (C=O) groups is 2. The largest absolute Gasteiger partial charge is 0.481 e. The molecule has 168 valence electrons. The van der Waals surface area contributed by atoms with Crippen LogP contribution in [0.2, 0.25) is 0 Å². The van der Waals surface area contributed by atoms with E-state index in [-0.39, 0.29) is 24.3 Å². The second-order valence-electron chi connectivity index (χ2n) is 7.69. The van der Waals surface area contributed by atoms with Crippen molar-refractivity contribution in [3.8, 4) is 5.75 Å². The Morgan fingerprint density at radius 2 is 1.66 bits per heavy atom. The molecule has 8 heteroatoms. The van der Waals surface area contributed by atoms with Crippen molar-refractivity contribution in [2.45, 2.75) is 39.5 Å². The van der Waals surface area contributed by atoms with Gasteiger partial charge in [0.1, 0.15) is 17.6 Å². The molecule has 0 radical (unpaired) electrons. The molecular weight excluding hydrogens is 408 g/mol. The van der Waals surface area contributed by atoms with E-state index in [0.29, 0.717) is 22.9 Å². The van der Waals surface area contributed by atoms with Gasteiger partial charge >= 0.3 is 5.97 Å². The first-order valence-corrected chi connectivity index (χ1v) is 10.5. The molecular formula is C24H28N4O4. The standard InChI is InChI=1S/C24H28N4O4/c1-15(2)21(24(30)31-4)28-22-18-12-8-9-13-19(18)26-20(27-22)14-25-23(29)16(3)32-17-10-6-5-7-11-17/h5-13,15-16,21H,14H2,1-4H3,(H,25,29)(H,26,27,28)/t16?,21-/m0/s1. The van der Waals surface area contributed by atoms with Crippen molar-refractivity contribution in [2.75, 3.05) is 12.4 Å². The topological polar surface area (TPSA) is 102 Å². The molecule has 3 aromatic rings. The maximum absolute atomic E-state index is 12.5. The first-order chi connectivity index (χ1) is 15.4. The molecule has 0 aliphatic heterocycles. The van der Waals surface area contributed by atoms with Crippen LogP contribution >= 0.6 is 0 Å². The third-order valence-corrected chi connectivity index (χ3v) is 4.91. The van der Waals surface area contributed by atoms with Crippen LogP contribution in [0.3, 0.4) is 0 Å². The van der Waals surface area contributed by atoms with Crippen molar-refractivity contribution in [1.29, 1.82) is 0 Å². The monoisotopic (exact) mass is 436 g/mol. The van der Waals surface area contributed by atoms with Gasteiger partial charge in [-0.25, -0.2) is 14.8 Å². The van der Waals surface area contributed by atoms with Gasteiger partial charge in [-0.1, -0.05) is 44.2 Å². The van der Waals surface area contributed by atoms with Gasteiger partial charge in [0.2, 0.25) is 0 Å². The van der Waals surface area contributed by atoms with Crippen LogP contribution in [0, 0.1) is 5.92 Å². The lowest BCUT2D eigenvalue weighted by Crippen LogP contribution is -2.37. The van der Waals surface area contributed by atoms with Crippen LogP contribution in [0.4, 0.5) is 5.82 Å². The molecule has 2 N–H and O–H groups in total. The number of ether oxygens (including phenoxy) is 2. The van der Waals surface area contributed by atoms with Gasteiger partial charge in [0.25, 0.3) is 5.91 Å². The van der Waals surface area contributed by atoms with Gasteiger partial charge in [-0.15, -0.1) is 0 Å². The van der Waals surface area contributed by atoms with Gasteiger partial charge in [0, 0.05) is 5.39 Å². The van der Waals surface area contributed by atoms with E-state index in [1.807, 2.05) is 56.3 Å². The van der Waals surface area contributed by atoms with Crippen molar-refractivity contribution in [3.05, 3.63) is 60.4 Å². The van der Waals surface area contributed by atoms with Gasteiger partial charge in [0.05, 0.1) is 19.2 Å². The Hall–Kier alpha value is -3.68. The quantitative estimate of drug-likeness (QED) is 0.496. The predicted octanol–water partition coefficient (Wildman–Crippen LogP) is 3.32. The lowest BCUT2D eigenvalue weighted by molar-refractivity contribution is -0.142. The van der Waals surface area contributed by atoms with Crippen molar-refractivity contribution in [3.63, 3.8) is 0 Å². The van der Waals surface area contributed by atoms with Crippen molar-refractivity contribution < 1.29 is 19.1 Å². The van der Waals surface area contributed by atoms with E-state index in [9.17, 15) is 9.59 Å². The predicted molar refractivity (Wildman–Crippen MR) is 122 cm³/mol. The zero-order valence-electron chi connectivity index (χ0n) is 18.7. The van der Waals surface area contributed by atoms with E-state index in [2.05, 4.69) is 20.6 Å². The number of carbonyl (C=O) groups excluding carboxylic acids is 2. The molecule has 0 bridgehead atoms. The fourth-order valence-electron chi connectivity index (χ4n) is 3.15. The fraction of sp³-hybridized carbons (Fsp3) is 0.333. The third kappa shape index (κ3) is 5.72. The number of rotatable bonds is 9. The summed E-state index contributed by atoms with van der Waals surface area (Å²) in [7, 11) is 1.36. The second-order valence-corrected chi connectivity index (χ2v) is 7.69. The number of amides is 1. The highest BCUT2D eigenvalue weighted by atomic mass is 16.5. The number of hydrogen-bond donors (Lipinski definition) is 2. The van der Waals surface area contributed by atoms with Crippen molar-refractivity contribution in [1.82, 2.24) is 15.3 Å². The normalized spacial score (nSPS) is 12.8. The van der Waals surface area contributed by atoms with Crippen molar-refractivity contribution in [2.24, 2.45) is 5.92 Å². The number of fused-ring (bicyclic) bond motifs is 1. The number of nitrogens with one attached hydrogen (secondary N) is 2. The summed E-state index contributed by atoms with van der Waals surface area (Å²) >= 11 is 0. The Labute approximate surface area is 187 Å². The van der Waals surface area contributed by atoms with E-state index in [1.165, 1.54) is 7.11 Å². The summed E-state index contributed by atoms with van der Waals surface area (Å²) in [6.07, 6.45) is -0.680. The second kappa shape index (κ2) is 10.6. The minimum atomic E-state index is -0.680. The summed E-state index contributed by atoms with van der Waals surface area (Å²) in [5.74, 6) is 0.872. The minimum absolute atomic E-state index is 0.0182. The summed E-state index contributed by atoms with van der Waals surface area (Å²) < 4.78 is 10.6. The van der Waals surface area contributed by atoms with Crippen LogP contribution in [-0.4, -0.2) is 41.1 Å². The van der Waals surface area contributed by atoms with Crippen LogP contribution in [0.25, 0.3) is 10.9 Å². The highest BCUT2D eigenvalue weighted by molar-refractivity contribution is 5.91. The Morgan fingerprint density at radius 3 is 2.34 bits per heavy atom. The average molecular weight is 437 g/mol. The Morgan fingerprint density at radius 1 is 0.969 bits per heavy atom.